The quantitative estimate of drug-likeness (QED) is 0.737. The molecular weight excluding hydrogens is 419 g/mol. The van der Waals surface area contributed by atoms with Crippen LogP contribution < -0.4 is 10.1 Å². The van der Waals surface area contributed by atoms with Gasteiger partial charge in [-0.1, -0.05) is 37.1 Å². The Morgan fingerprint density at radius 1 is 1.03 bits per heavy atom. The highest BCUT2D eigenvalue weighted by Crippen LogP contribution is 2.50. The molecule has 176 valence electrons. The molecule has 2 N–H and O–H groups in total. The Kier molecular flexibility index (Phi) is 5.91. The fraction of sp³-hybridized carbons (Fsp3) is 0.519. The lowest BCUT2D eigenvalue weighted by Gasteiger charge is -2.50. The fourth-order valence-electron chi connectivity index (χ4n) is 6.51. The predicted octanol–water partition coefficient (Wildman–Crippen LogP) is 3.96. The van der Waals surface area contributed by atoms with Gasteiger partial charge in [0, 0.05) is 18.5 Å². The molecule has 0 radical (unpaired) electrons. The van der Waals surface area contributed by atoms with Crippen LogP contribution in [0.2, 0.25) is 0 Å². The highest BCUT2D eigenvalue weighted by molar-refractivity contribution is 5.86. The third kappa shape index (κ3) is 3.83. The van der Waals surface area contributed by atoms with Crippen LogP contribution in [-0.4, -0.2) is 48.7 Å². The van der Waals surface area contributed by atoms with Gasteiger partial charge in [-0.25, -0.2) is 4.39 Å². The number of piperidine rings is 1. The van der Waals surface area contributed by atoms with Gasteiger partial charge in [0.05, 0.1) is 12.5 Å². The number of hydrogen-bond acceptors (Lipinski definition) is 4. The maximum atomic E-state index is 13.5. The van der Waals surface area contributed by atoms with Crippen LogP contribution in [0, 0.1) is 11.2 Å². The number of benzene rings is 2. The zero-order valence-electron chi connectivity index (χ0n) is 19.2. The number of nitrogens with one attached hydrogen (secondary N) is 1. The Morgan fingerprint density at radius 2 is 1.73 bits per heavy atom. The molecule has 5 nitrogen and oxygen atoms in total. The Labute approximate surface area is 194 Å². The lowest BCUT2D eigenvalue weighted by Crippen LogP contribution is -2.57. The molecule has 2 aliphatic heterocycles. The first-order valence-corrected chi connectivity index (χ1v) is 12.1. The molecule has 3 aliphatic rings. The SMILES string of the molecule is COc1ccc(C2(O)CCCCC2N2CCC3(CC2)C(=O)NCC3c2ccc(F)cc2)cc1. The lowest BCUT2D eigenvalue weighted by atomic mass is 9.66. The van der Waals surface area contributed by atoms with Crippen LogP contribution in [0.15, 0.2) is 48.5 Å². The van der Waals surface area contributed by atoms with Gasteiger partial charge >= 0.3 is 0 Å². The van der Waals surface area contributed by atoms with E-state index in [1.807, 2.05) is 36.4 Å². The van der Waals surface area contributed by atoms with E-state index in [1.54, 1.807) is 7.11 Å². The molecule has 2 aromatic rings. The van der Waals surface area contributed by atoms with E-state index < -0.39 is 11.0 Å². The molecule has 1 amide bonds. The number of methoxy groups -OCH3 is 1. The largest absolute Gasteiger partial charge is 0.497 e. The van der Waals surface area contributed by atoms with Crippen molar-refractivity contribution in [3.05, 3.63) is 65.5 Å². The summed E-state index contributed by atoms with van der Waals surface area (Å²) in [6.07, 6.45) is 5.29. The number of hydrogen-bond donors (Lipinski definition) is 2. The minimum absolute atomic E-state index is 0.0331. The molecule has 2 aromatic carbocycles. The highest BCUT2D eigenvalue weighted by Gasteiger charge is 2.54. The maximum absolute atomic E-state index is 13.5. The van der Waals surface area contributed by atoms with Crippen molar-refractivity contribution in [3.63, 3.8) is 0 Å². The summed E-state index contributed by atoms with van der Waals surface area (Å²) >= 11 is 0. The van der Waals surface area contributed by atoms with Crippen molar-refractivity contribution in [2.45, 2.75) is 56.1 Å². The number of ether oxygens (including phenoxy) is 1. The molecule has 0 bridgehead atoms. The van der Waals surface area contributed by atoms with Crippen LogP contribution in [0.25, 0.3) is 0 Å². The van der Waals surface area contributed by atoms with Gasteiger partial charge in [0.2, 0.25) is 5.91 Å². The number of carbonyl (C=O) groups is 1. The Bertz CT molecular complexity index is 985. The molecule has 1 spiro atoms. The Balaban J connectivity index is 1.36. The second-order valence-corrected chi connectivity index (χ2v) is 9.92. The van der Waals surface area contributed by atoms with Gasteiger partial charge in [-0.15, -0.1) is 0 Å². The van der Waals surface area contributed by atoms with Crippen molar-refractivity contribution in [1.82, 2.24) is 10.2 Å². The molecule has 3 unspecified atom stereocenters. The molecule has 1 saturated carbocycles. The summed E-state index contributed by atoms with van der Waals surface area (Å²) in [5.74, 6) is 0.703. The number of nitrogens with zero attached hydrogens (tertiary/aromatic N) is 1. The van der Waals surface area contributed by atoms with Gasteiger partial charge in [-0.3, -0.25) is 9.69 Å². The zero-order valence-corrected chi connectivity index (χ0v) is 19.2. The molecule has 2 saturated heterocycles. The number of likely N-dealkylation sites (tertiary alicyclic amines) is 1. The van der Waals surface area contributed by atoms with Gasteiger partial charge in [0.25, 0.3) is 0 Å². The summed E-state index contributed by atoms with van der Waals surface area (Å²) in [4.78, 5) is 15.4. The van der Waals surface area contributed by atoms with E-state index in [1.165, 1.54) is 12.1 Å². The Morgan fingerprint density at radius 3 is 2.39 bits per heavy atom. The van der Waals surface area contributed by atoms with E-state index in [0.29, 0.717) is 6.54 Å². The summed E-state index contributed by atoms with van der Waals surface area (Å²) in [6, 6.07) is 14.4. The summed E-state index contributed by atoms with van der Waals surface area (Å²) in [7, 11) is 1.65. The molecule has 5 rings (SSSR count). The van der Waals surface area contributed by atoms with Crippen LogP contribution in [0.5, 0.6) is 5.75 Å². The van der Waals surface area contributed by atoms with Gasteiger partial charge in [0.1, 0.15) is 17.2 Å². The van der Waals surface area contributed by atoms with E-state index in [2.05, 4.69) is 10.2 Å². The average Bonchev–Trinajstić information content (AvgIpc) is 3.16. The average molecular weight is 453 g/mol. The van der Waals surface area contributed by atoms with E-state index in [9.17, 15) is 14.3 Å². The van der Waals surface area contributed by atoms with E-state index in [0.717, 1.165) is 68.5 Å². The standard InChI is InChI=1S/C27H33FN2O3/c1-33-22-11-7-20(8-12-22)27(32)13-3-2-4-24(27)30-16-14-26(15-17-30)23(18-29-25(26)31)19-5-9-21(28)10-6-19/h5-12,23-24,32H,2-4,13-18H2,1H3,(H,29,31). The molecule has 0 aromatic heterocycles. The third-order valence-electron chi connectivity index (χ3n) is 8.42. The van der Waals surface area contributed by atoms with Crippen LogP contribution in [0.4, 0.5) is 4.39 Å². The number of amides is 1. The van der Waals surface area contributed by atoms with Crippen molar-refractivity contribution in [2.75, 3.05) is 26.7 Å². The number of halogens is 1. The molecule has 3 fully saturated rings. The normalized spacial score (nSPS) is 29.7. The van der Waals surface area contributed by atoms with Gasteiger partial charge in [0.15, 0.2) is 0 Å². The highest BCUT2D eigenvalue weighted by atomic mass is 19.1. The van der Waals surface area contributed by atoms with Crippen molar-refractivity contribution < 1.29 is 19.0 Å². The van der Waals surface area contributed by atoms with Crippen molar-refractivity contribution in [3.8, 4) is 5.75 Å². The van der Waals surface area contributed by atoms with Crippen molar-refractivity contribution in [2.24, 2.45) is 5.41 Å². The van der Waals surface area contributed by atoms with Crippen LogP contribution >= 0.6 is 0 Å². The molecule has 3 atom stereocenters. The first-order chi connectivity index (χ1) is 16.0. The van der Waals surface area contributed by atoms with Gasteiger partial charge in [-0.2, -0.15) is 0 Å². The third-order valence-corrected chi connectivity index (χ3v) is 8.42. The topological polar surface area (TPSA) is 61.8 Å². The number of carbonyl (C=O) groups excluding carboxylic acids is 1. The molecule has 33 heavy (non-hydrogen) atoms. The van der Waals surface area contributed by atoms with Crippen LogP contribution in [0.1, 0.15) is 55.6 Å². The second-order valence-electron chi connectivity index (χ2n) is 9.92. The molecule has 2 heterocycles. The lowest BCUT2D eigenvalue weighted by molar-refractivity contribution is -0.134. The maximum Gasteiger partial charge on any atom is 0.227 e. The summed E-state index contributed by atoms with van der Waals surface area (Å²) in [5.41, 5.74) is 0.608. The van der Waals surface area contributed by atoms with Gasteiger partial charge < -0.3 is 15.2 Å². The molecule has 6 heteroatoms. The zero-order chi connectivity index (χ0) is 23.1. The van der Waals surface area contributed by atoms with E-state index >= 15 is 0 Å². The predicted molar refractivity (Wildman–Crippen MR) is 125 cm³/mol. The molecular formula is C27H33FN2O3. The minimum Gasteiger partial charge on any atom is -0.497 e. The van der Waals surface area contributed by atoms with Gasteiger partial charge in [-0.05, 0) is 74.2 Å². The van der Waals surface area contributed by atoms with Crippen LogP contribution in [-0.2, 0) is 10.4 Å². The van der Waals surface area contributed by atoms with E-state index in [4.69, 9.17) is 4.74 Å². The summed E-state index contributed by atoms with van der Waals surface area (Å²) < 4.78 is 18.8. The first-order valence-electron chi connectivity index (χ1n) is 12.1. The van der Waals surface area contributed by atoms with Crippen LogP contribution in [0.3, 0.4) is 0 Å². The van der Waals surface area contributed by atoms with Crippen molar-refractivity contribution >= 4 is 5.91 Å². The summed E-state index contributed by atoms with van der Waals surface area (Å²) in [6.45, 7) is 2.15. The smallest absolute Gasteiger partial charge is 0.227 e. The van der Waals surface area contributed by atoms with E-state index in [-0.39, 0.29) is 23.7 Å². The second kappa shape index (κ2) is 8.73. The number of rotatable bonds is 4. The number of aliphatic hydroxyl groups is 1. The Hall–Kier alpha value is -2.44. The summed E-state index contributed by atoms with van der Waals surface area (Å²) in [5, 5.41) is 15.0. The minimum atomic E-state index is -0.899. The first kappa shape index (κ1) is 22.4. The monoisotopic (exact) mass is 452 g/mol. The van der Waals surface area contributed by atoms with Crippen molar-refractivity contribution in [1.29, 1.82) is 0 Å². The fourth-order valence-corrected chi connectivity index (χ4v) is 6.51. The molecule has 1 aliphatic carbocycles.